The first-order chi connectivity index (χ1) is 18.9. The second-order valence-electron chi connectivity index (χ2n) is 10.0. The molecular formula is C26H30ClN9O3. The Kier molecular flexibility index (Phi) is 6.94. The molecule has 2 amide bonds. The molecule has 0 bridgehead atoms. The molecule has 3 aromatic heterocycles. The van der Waals surface area contributed by atoms with Crippen molar-refractivity contribution in [1.82, 2.24) is 39.8 Å². The maximum Gasteiger partial charge on any atom is 0.255 e. The van der Waals surface area contributed by atoms with Gasteiger partial charge in [-0.25, -0.2) is 9.97 Å². The molecule has 13 heteroatoms. The number of nitrogens with one attached hydrogen (secondary N) is 2. The molecule has 0 unspecified atom stereocenters. The number of H-pyrrole nitrogens is 1. The van der Waals surface area contributed by atoms with Crippen LogP contribution in [0, 0.1) is 0 Å². The minimum atomic E-state index is -0.693. The number of hydrogen-bond acceptors (Lipinski definition) is 8. The maximum atomic E-state index is 13.1. The Morgan fingerprint density at radius 3 is 2.82 bits per heavy atom. The lowest BCUT2D eigenvalue weighted by atomic mass is 10.1. The fraction of sp³-hybridized carbons (Fsp3) is 0.423. The molecule has 0 aliphatic carbocycles. The average Bonchev–Trinajstić information content (AvgIpc) is 3.51. The van der Waals surface area contributed by atoms with Gasteiger partial charge in [-0.2, -0.15) is 5.10 Å². The highest BCUT2D eigenvalue weighted by atomic mass is 35.5. The summed E-state index contributed by atoms with van der Waals surface area (Å²) in [6.07, 6.45) is 3.20. The third-order valence-corrected chi connectivity index (χ3v) is 7.49. The number of likely N-dealkylation sites (tertiary alicyclic amines) is 1. The number of morpholine rings is 1. The molecule has 2 saturated heterocycles. The lowest BCUT2D eigenvalue weighted by molar-refractivity contribution is -0.137. The predicted molar refractivity (Wildman–Crippen MR) is 146 cm³/mol. The summed E-state index contributed by atoms with van der Waals surface area (Å²) in [4.78, 5) is 42.0. The van der Waals surface area contributed by atoms with Crippen molar-refractivity contribution in [3.8, 4) is 11.4 Å². The summed E-state index contributed by atoms with van der Waals surface area (Å²) in [5.74, 6) is -0.574. The van der Waals surface area contributed by atoms with E-state index in [1.54, 1.807) is 24.2 Å². The van der Waals surface area contributed by atoms with E-state index < -0.39 is 11.9 Å². The summed E-state index contributed by atoms with van der Waals surface area (Å²) in [6, 6.07) is 4.95. The Hall–Kier alpha value is -3.58. The molecule has 39 heavy (non-hydrogen) atoms. The second-order valence-corrected chi connectivity index (χ2v) is 10.5. The largest absolute Gasteiger partial charge is 0.379 e. The minimum Gasteiger partial charge on any atom is -0.379 e. The normalized spacial score (nSPS) is 17.5. The number of nitrogens with two attached hydrogens (primary N) is 1. The van der Waals surface area contributed by atoms with Gasteiger partial charge in [0.25, 0.3) is 5.91 Å². The Labute approximate surface area is 229 Å². The quantitative estimate of drug-likeness (QED) is 0.311. The molecule has 1 aromatic carbocycles. The summed E-state index contributed by atoms with van der Waals surface area (Å²) in [5.41, 5.74) is 9.05. The SMILES string of the molecule is C[C@@H](NC(=O)c1c[nH]c2ncc(-c3nn(CCN4CCOCC4)c4cc(Cl)ccc34)nc12)C(=O)N1CC(N)C1. The van der Waals surface area contributed by atoms with Crippen molar-refractivity contribution in [2.45, 2.75) is 25.6 Å². The third kappa shape index (κ3) is 5.08. The molecule has 6 rings (SSSR count). The summed E-state index contributed by atoms with van der Waals surface area (Å²) >= 11 is 6.34. The van der Waals surface area contributed by atoms with Crippen molar-refractivity contribution < 1.29 is 14.3 Å². The molecule has 4 aromatic rings. The monoisotopic (exact) mass is 551 g/mol. The highest BCUT2D eigenvalue weighted by molar-refractivity contribution is 6.31. The van der Waals surface area contributed by atoms with Crippen LogP contribution in [0.5, 0.6) is 0 Å². The van der Waals surface area contributed by atoms with Gasteiger partial charge in [-0.05, 0) is 25.1 Å². The Balaban J connectivity index is 1.28. The number of nitrogens with zero attached hydrogens (tertiary/aromatic N) is 6. The Morgan fingerprint density at radius 2 is 2.05 bits per heavy atom. The first-order valence-corrected chi connectivity index (χ1v) is 13.4. The van der Waals surface area contributed by atoms with Gasteiger partial charge in [0.15, 0.2) is 5.65 Å². The smallest absolute Gasteiger partial charge is 0.255 e. The fourth-order valence-corrected chi connectivity index (χ4v) is 5.22. The molecule has 0 saturated carbocycles. The van der Waals surface area contributed by atoms with E-state index in [2.05, 4.69) is 20.2 Å². The lowest BCUT2D eigenvalue weighted by Gasteiger charge is -2.38. The van der Waals surface area contributed by atoms with E-state index in [1.807, 2.05) is 22.9 Å². The van der Waals surface area contributed by atoms with Crippen LogP contribution in [-0.4, -0.2) is 104 Å². The molecule has 0 spiro atoms. The number of fused-ring (bicyclic) bond motifs is 2. The zero-order valence-corrected chi connectivity index (χ0v) is 22.3. The molecule has 1 atom stereocenters. The van der Waals surface area contributed by atoms with Crippen LogP contribution in [0.4, 0.5) is 0 Å². The number of carbonyl (C=O) groups is 2. The number of amides is 2. The van der Waals surface area contributed by atoms with E-state index in [9.17, 15) is 9.59 Å². The lowest BCUT2D eigenvalue weighted by Crippen LogP contribution is -2.61. The second kappa shape index (κ2) is 10.5. The van der Waals surface area contributed by atoms with Gasteiger partial charge >= 0.3 is 0 Å². The van der Waals surface area contributed by atoms with E-state index >= 15 is 0 Å². The van der Waals surface area contributed by atoms with Crippen LogP contribution in [-0.2, 0) is 16.1 Å². The summed E-state index contributed by atoms with van der Waals surface area (Å²) in [7, 11) is 0. The third-order valence-electron chi connectivity index (χ3n) is 7.25. The number of benzene rings is 1. The molecular weight excluding hydrogens is 522 g/mol. The van der Waals surface area contributed by atoms with Gasteiger partial charge in [-0.15, -0.1) is 0 Å². The Morgan fingerprint density at radius 1 is 1.26 bits per heavy atom. The van der Waals surface area contributed by atoms with Crippen molar-refractivity contribution in [3.05, 3.63) is 41.2 Å². The zero-order valence-electron chi connectivity index (χ0n) is 21.6. The van der Waals surface area contributed by atoms with Gasteiger partial charge in [0.1, 0.15) is 22.9 Å². The Bertz CT molecular complexity index is 1540. The highest BCUT2D eigenvalue weighted by Crippen LogP contribution is 2.30. The van der Waals surface area contributed by atoms with Gasteiger partial charge in [-0.1, -0.05) is 11.6 Å². The first-order valence-electron chi connectivity index (χ1n) is 13.0. The topological polar surface area (TPSA) is 147 Å². The number of ether oxygens (including phenoxy) is 1. The van der Waals surface area contributed by atoms with Crippen molar-refractivity contribution in [1.29, 1.82) is 0 Å². The van der Waals surface area contributed by atoms with Crippen LogP contribution in [0.25, 0.3) is 33.5 Å². The van der Waals surface area contributed by atoms with Crippen LogP contribution in [0.2, 0.25) is 5.02 Å². The predicted octanol–water partition coefficient (Wildman–Crippen LogP) is 1.25. The van der Waals surface area contributed by atoms with Crippen LogP contribution < -0.4 is 11.1 Å². The summed E-state index contributed by atoms with van der Waals surface area (Å²) < 4.78 is 7.40. The molecule has 4 N–H and O–H groups in total. The van der Waals surface area contributed by atoms with Crippen molar-refractivity contribution in [2.24, 2.45) is 5.73 Å². The van der Waals surface area contributed by atoms with Crippen LogP contribution in [0.15, 0.2) is 30.6 Å². The van der Waals surface area contributed by atoms with Crippen molar-refractivity contribution in [3.63, 3.8) is 0 Å². The van der Waals surface area contributed by atoms with Gasteiger partial charge < -0.3 is 25.7 Å². The minimum absolute atomic E-state index is 0.00545. The number of carbonyl (C=O) groups excluding carboxylic acids is 2. The molecule has 0 radical (unpaired) electrons. The molecule has 204 valence electrons. The first kappa shape index (κ1) is 25.7. The van der Waals surface area contributed by atoms with Gasteiger partial charge in [0, 0.05) is 55.4 Å². The van der Waals surface area contributed by atoms with E-state index in [4.69, 9.17) is 32.2 Å². The van der Waals surface area contributed by atoms with Crippen LogP contribution in [0.1, 0.15) is 17.3 Å². The summed E-state index contributed by atoms with van der Waals surface area (Å²) in [5, 5.41) is 9.18. The average molecular weight is 552 g/mol. The van der Waals surface area contributed by atoms with E-state index in [-0.39, 0.29) is 11.9 Å². The van der Waals surface area contributed by atoms with E-state index in [1.165, 1.54) is 0 Å². The molecule has 2 aliphatic heterocycles. The summed E-state index contributed by atoms with van der Waals surface area (Å²) in [6.45, 7) is 7.43. The number of rotatable bonds is 7. The maximum absolute atomic E-state index is 13.1. The van der Waals surface area contributed by atoms with E-state index in [0.29, 0.717) is 52.8 Å². The number of aromatic nitrogens is 5. The van der Waals surface area contributed by atoms with Crippen molar-refractivity contribution >= 4 is 45.5 Å². The standard InChI is InChI=1S/C26H30ClN9O3/c1-15(26(38)35-13-17(28)14-35)31-25(37)19-11-29-24-23(19)32-20(12-30-24)22-18-3-2-16(27)10-21(18)36(33-22)5-4-34-6-8-39-9-7-34/h2-3,10-12,15,17H,4-9,13-14,28H2,1H3,(H,29,30)(H,31,37)/t15-/m1/s1. The number of halogens is 1. The zero-order chi connectivity index (χ0) is 27.1. The van der Waals surface area contributed by atoms with Gasteiger partial charge in [0.2, 0.25) is 5.91 Å². The van der Waals surface area contributed by atoms with Crippen LogP contribution in [0.3, 0.4) is 0 Å². The number of aromatic amines is 1. The van der Waals surface area contributed by atoms with Gasteiger partial charge in [0.05, 0.1) is 37.0 Å². The number of hydrogen-bond donors (Lipinski definition) is 3. The molecule has 2 fully saturated rings. The molecule has 5 heterocycles. The van der Waals surface area contributed by atoms with Gasteiger partial charge in [-0.3, -0.25) is 19.2 Å². The van der Waals surface area contributed by atoms with E-state index in [0.717, 1.165) is 43.8 Å². The highest BCUT2D eigenvalue weighted by Gasteiger charge is 2.31. The molecule has 2 aliphatic rings. The fourth-order valence-electron chi connectivity index (χ4n) is 5.05. The van der Waals surface area contributed by atoms with Crippen molar-refractivity contribution in [2.75, 3.05) is 45.9 Å². The van der Waals surface area contributed by atoms with Crippen LogP contribution >= 0.6 is 11.6 Å². The molecule has 12 nitrogen and oxygen atoms in total.